The molecule has 30 heavy (non-hydrogen) atoms. The van der Waals surface area contributed by atoms with Gasteiger partial charge in [0.05, 0.1) is 6.21 Å². The van der Waals surface area contributed by atoms with E-state index in [0.717, 1.165) is 32.7 Å². The van der Waals surface area contributed by atoms with Crippen LogP contribution < -0.4 is 10.7 Å². The van der Waals surface area contributed by atoms with Crippen molar-refractivity contribution in [2.24, 2.45) is 5.10 Å². The Balaban J connectivity index is 1.55. The summed E-state index contributed by atoms with van der Waals surface area (Å²) in [6, 6.07) is 23.0. The second-order valence-electron chi connectivity index (χ2n) is 6.85. The Morgan fingerprint density at radius 3 is 2.13 bits per heavy atom. The number of hydrogen-bond acceptors (Lipinski definition) is 3. The minimum absolute atomic E-state index is 0.440. The summed E-state index contributed by atoms with van der Waals surface area (Å²) in [5.74, 6) is -1.69. The van der Waals surface area contributed by atoms with Gasteiger partial charge in [0.15, 0.2) is 0 Å². The molecule has 5 nitrogen and oxygen atoms in total. The molecule has 0 aliphatic rings. The fraction of sp³-hybridized carbons (Fsp3) is 0.0417. The van der Waals surface area contributed by atoms with Crippen molar-refractivity contribution < 1.29 is 9.59 Å². The molecule has 2 N–H and O–H groups in total. The first-order valence-electron chi connectivity index (χ1n) is 9.34. The van der Waals surface area contributed by atoms with Crippen LogP contribution in [0.25, 0.3) is 21.5 Å². The van der Waals surface area contributed by atoms with Gasteiger partial charge in [-0.2, -0.15) is 5.10 Å². The van der Waals surface area contributed by atoms with E-state index in [4.69, 9.17) is 11.6 Å². The van der Waals surface area contributed by atoms with Crippen molar-refractivity contribution in [1.29, 1.82) is 0 Å². The van der Waals surface area contributed by atoms with Crippen LogP contribution in [-0.2, 0) is 9.59 Å². The monoisotopic (exact) mass is 415 g/mol. The molecule has 0 fully saturated rings. The molecule has 4 rings (SSSR count). The Hall–Kier alpha value is -3.70. The van der Waals surface area contributed by atoms with Crippen molar-refractivity contribution in [3.05, 3.63) is 88.9 Å². The predicted molar refractivity (Wildman–Crippen MR) is 122 cm³/mol. The zero-order chi connectivity index (χ0) is 21.1. The lowest BCUT2D eigenvalue weighted by molar-refractivity contribution is -0.136. The highest BCUT2D eigenvalue weighted by atomic mass is 35.5. The summed E-state index contributed by atoms with van der Waals surface area (Å²) in [7, 11) is 0. The van der Waals surface area contributed by atoms with Crippen LogP contribution in [0.5, 0.6) is 0 Å². The van der Waals surface area contributed by atoms with Crippen molar-refractivity contribution in [2.75, 3.05) is 5.32 Å². The summed E-state index contributed by atoms with van der Waals surface area (Å²) in [6.45, 7) is 1.85. The molecule has 0 aliphatic carbocycles. The molecule has 4 aromatic rings. The lowest BCUT2D eigenvalue weighted by Crippen LogP contribution is -2.32. The van der Waals surface area contributed by atoms with Crippen molar-refractivity contribution >= 4 is 56.9 Å². The molecular weight excluding hydrogens is 398 g/mol. The summed E-state index contributed by atoms with van der Waals surface area (Å²) >= 11 is 6.05. The van der Waals surface area contributed by atoms with Crippen molar-refractivity contribution in [3.63, 3.8) is 0 Å². The van der Waals surface area contributed by atoms with Gasteiger partial charge in [0.1, 0.15) is 0 Å². The smallest absolute Gasteiger partial charge is 0.318 e. The fourth-order valence-corrected chi connectivity index (χ4v) is 3.43. The van der Waals surface area contributed by atoms with Gasteiger partial charge in [0.2, 0.25) is 0 Å². The quantitative estimate of drug-likeness (QED) is 0.213. The number of anilines is 1. The maximum absolute atomic E-state index is 12.1. The van der Waals surface area contributed by atoms with Crippen molar-refractivity contribution in [3.8, 4) is 0 Å². The van der Waals surface area contributed by atoms with Crippen LogP contribution in [0.4, 0.5) is 5.69 Å². The van der Waals surface area contributed by atoms with Crippen LogP contribution in [-0.4, -0.2) is 18.0 Å². The number of aryl methyl sites for hydroxylation is 1. The lowest BCUT2D eigenvalue weighted by Gasteiger charge is -2.08. The molecule has 148 valence electrons. The van der Waals surface area contributed by atoms with E-state index in [0.29, 0.717) is 10.7 Å². The van der Waals surface area contributed by atoms with Gasteiger partial charge in [-0.15, -0.1) is 0 Å². The highest BCUT2D eigenvalue weighted by Crippen LogP contribution is 2.27. The van der Waals surface area contributed by atoms with Gasteiger partial charge in [0, 0.05) is 16.3 Å². The number of amides is 2. The molecule has 0 radical (unpaired) electrons. The molecule has 0 saturated carbocycles. The van der Waals surface area contributed by atoms with Crippen LogP contribution in [0.15, 0.2) is 77.9 Å². The molecule has 0 heterocycles. The average Bonchev–Trinajstić information content (AvgIpc) is 2.75. The molecule has 0 spiro atoms. The predicted octanol–water partition coefficient (Wildman–Crippen LogP) is 5.04. The zero-order valence-electron chi connectivity index (χ0n) is 16.1. The van der Waals surface area contributed by atoms with E-state index in [-0.39, 0.29) is 0 Å². The number of benzene rings is 4. The molecule has 0 aliphatic heterocycles. The minimum atomic E-state index is -0.868. The Morgan fingerprint density at radius 1 is 0.867 bits per heavy atom. The van der Waals surface area contributed by atoms with Gasteiger partial charge in [-0.1, -0.05) is 66.2 Å². The van der Waals surface area contributed by atoms with Gasteiger partial charge < -0.3 is 5.32 Å². The zero-order valence-corrected chi connectivity index (χ0v) is 16.9. The molecule has 0 unspecified atom stereocenters. The van der Waals surface area contributed by atoms with Gasteiger partial charge in [-0.3, -0.25) is 9.59 Å². The number of hydrogen-bond donors (Lipinski definition) is 2. The standard InChI is InChI=1S/C24H18ClN3O2/c1-15-10-11-18(13-22(15)25)27-23(29)24(30)28-26-14-21-19-8-4-2-6-16(19)12-17-7-3-5-9-20(17)21/h2-14H,1H3,(H,27,29)(H,28,30)/b26-14+. The number of rotatable bonds is 3. The Labute approximate surface area is 178 Å². The number of halogens is 1. The third kappa shape index (κ3) is 4.02. The molecule has 0 atom stereocenters. The van der Waals surface area contributed by atoms with Gasteiger partial charge in [0.25, 0.3) is 0 Å². The van der Waals surface area contributed by atoms with E-state index >= 15 is 0 Å². The largest absolute Gasteiger partial charge is 0.329 e. The molecule has 0 saturated heterocycles. The van der Waals surface area contributed by atoms with Gasteiger partial charge in [-0.25, -0.2) is 5.43 Å². The fourth-order valence-electron chi connectivity index (χ4n) is 3.25. The van der Waals surface area contributed by atoms with Crippen LogP contribution in [0.3, 0.4) is 0 Å². The first-order valence-corrected chi connectivity index (χ1v) is 9.72. The maximum atomic E-state index is 12.1. The van der Waals surface area contributed by atoms with Crippen molar-refractivity contribution in [2.45, 2.75) is 6.92 Å². The Bertz CT molecular complexity index is 1260. The summed E-state index contributed by atoms with van der Waals surface area (Å²) in [4.78, 5) is 24.3. The van der Waals surface area contributed by atoms with E-state index in [2.05, 4.69) is 21.9 Å². The first-order chi connectivity index (χ1) is 14.5. The third-order valence-electron chi connectivity index (χ3n) is 4.81. The Morgan fingerprint density at radius 2 is 1.50 bits per heavy atom. The first kappa shape index (κ1) is 19.6. The molecule has 0 bridgehead atoms. The molecule has 0 aromatic heterocycles. The van der Waals surface area contributed by atoms with Crippen LogP contribution in [0, 0.1) is 6.92 Å². The maximum Gasteiger partial charge on any atom is 0.329 e. The topological polar surface area (TPSA) is 70.6 Å². The van der Waals surface area contributed by atoms with E-state index in [1.54, 1.807) is 24.4 Å². The number of carbonyl (C=O) groups is 2. The summed E-state index contributed by atoms with van der Waals surface area (Å²) in [5.41, 5.74) is 4.48. The summed E-state index contributed by atoms with van der Waals surface area (Å²) < 4.78 is 0. The molecule has 6 heteroatoms. The third-order valence-corrected chi connectivity index (χ3v) is 5.22. The molecule has 2 amide bonds. The van der Waals surface area contributed by atoms with E-state index < -0.39 is 11.8 Å². The number of nitrogens with one attached hydrogen (secondary N) is 2. The lowest BCUT2D eigenvalue weighted by atomic mass is 9.97. The highest BCUT2D eigenvalue weighted by Gasteiger charge is 2.13. The van der Waals surface area contributed by atoms with Gasteiger partial charge in [-0.05, 0) is 52.2 Å². The van der Waals surface area contributed by atoms with Crippen LogP contribution in [0.2, 0.25) is 5.02 Å². The minimum Gasteiger partial charge on any atom is -0.318 e. The SMILES string of the molecule is Cc1ccc(NC(=O)C(=O)N/N=C/c2c3ccccc3cc3ccccc23)cc1Cl. The van der Waals surface area contributed by atoms with E-state index in [1.807, 2.05) is 55.5 Å². The van der Waals surface area contributed by atoms with Crippen molar-refractivity contribution in [1.82, 2.24) is 5.43 Å². The average molecular weight is 416 g/mol. The van der Waals surface area contributed by atoms with Crippen LogP contribution >= 0.6 is 11.6 Å². The number of fused-ring (bicyclic) bond motifs is 2. The van der Waals surface area contributed by atoms with E-state index in [1.165, 1.54) is 0 Å². The second kappa shape index (κ2) is 8.35. The second-order valence-corrected chi connectivity index (χ2v) is 7.26. The number of carbonyl (C=O) groups excluding carboxylic acids is 2. The Kier molecular flexibility index (Phi) is 5.46. The highest BCUT2D eigenvalue weighted by molar-refractivity contribution is 6.40. The number of nitrogens with zero attached hydrogens (tertiary/aromatic N) is 1. The van der Waals surface area contributed by atoms with Gasteiger partial charge >= 0.3 is 11.8 Å². The number of hydrazone groups is 1. The van der Waals surface area contributed by atoms with Crippen LogP contribution in [0.1, 0.15) is 11.1 Å². The summed E-state index contributed by atoms with van der Waals surface area (Å²) in [5, 5.41) is 11.2. The molecular formula is C24H18ClN3O2. The normalized spacial score (nSPS) is 11.1. The van der Waals surface area contributed by atoms with E-state index in [9.17, 15) is 9.59 Å². The summed E-state index contributed by atoms with van der Waals surface area (Å²) in [6.07, 6.45) is 1.57. The molecule has 4 aromatic carbocycles.